The number of amides is 1. The molecule has 0 unspecified atom stereocenters. The Balaban J connectivity index is 1.72. The van der Waals surface area contributed by atoms with Gasteiger partial charge in [0, 0.05) is 12.4 Å². The number of nitrogens with zero attached hydrogens (tertiary/aromatic N) is 2. The molecule has 0 radical (unpaired) electrons. The number of anilines is 1. The number of hydrogen-bond acceptors (Lipinski definition) is 4. The molecule has 0 atom stereocenters. The monoisotopic (exact) mass is 438 g/mol. The molecule has 9 heteroatoms. The van der Waals surface area contributed by atoms with Gasteiger partial charge in [-0.1, -0.05) is 42.1 Å². The number of carbonyl (C=O) groups is 1. The Kier molecular flexibility index (Phi) is 7.28. The van der Waals surface area contributed by atoms with E-state index < -0.39 is 18.6 Å². The molecule has 158 valence electrons. The lowest BCUT2D eigenvalue weighted by Gasteiger charge is -2.17. The normalized spacial score (nSPS) is 15.7. The van der Waals surface area contributed by atoms with Crippen LogP contribution >= 0.6 is 11.8 Å². The quantitative estimate of drug-likeness (QED) is 0.336. The molecule has 1 aliphatic heterocycles. The van der Waals surface area contributed by atoms with Crippen molar-refractivity contribution in [1.82, 2.24) is 0 Å². The molecule has 3 rings (SSSR count). The highest BCUT2D eigenvalue weighted by molar-refractivity contribution is 8.14. The SMILES string of the molecule is O=C1/C(=C/c2ccccc2)N=C(SCCCOCC(F)(F)F)N1c1ccc(F)cc1. The smallest absolute Gasteiger partial charge is 0.372 e. The zero-order valence-corrected chi connectivity index (χ0v) is 16.5. The summed E-state index contributed by atoms with van der Waals surface area (Å²) >= 11 is 1.23. The number of hydrogen-bond donors (Lipinski definition) is 0. The highest BCUT2D eigenvalue weighted by Gasteiger charge is 2.32. The largest absolute Gasteiger partial charge is 0.411 e. The summed E-state index contributed by atoms with van der Waals surface area (Å²) in [7, 11) is 0. The first-order valence-electron chi connectivity index (χ1n) is 9.06. The summed E-state index contributed by atoms with van der Waals surface area (Å²) in [5.41, 5.74) is 1.48. The molecular formula is C21H18F4N2O2S. The summed E-state index contributed by atoms with van der Waals surface area (Å²) in [5.74, 6) is -0.389. The number of amidine groups is 1. The van der Waals surface area contributed by atoms with Gasteiger partial charge in [-0.2, -0.15) is 13.2 Å². The second kappa shape index (κ2) is 9.90. The van der Waals surface area contributed by atoms with Crippen LogP contribution in [0.3, 0.4) is 0 Å². The highest BCUT2D eigenvalue weighted by atomic mass is 32.2. The summed E-state index contributed by atoms with van der Waals surface area (Å²) < 4.78 is 54.2. The molecule has 0 saturated carbocycles. The van der Waals surface area contributed by atoms with Crippen LogP contribution in [0.4, 0.5) is 23.2 Å². The van der Waals surface area contributed by atoms with Crippen LogP contribution in [0.2, 0.25) is 0 Å². The molecular weight excluding hydrogens is 420 g/mol. The van der Waals surface area contributed by atoms with Crippen molar-refractivity contribution in [3.63, 3.8) is 0 Å². The first-order valence-corrected chi connectivity index (χ1v) is 10.0. The summed E-state index contributed by atoms with van der Waals surface area (Å²) in [5, 5.41) is 0.379. The molecule has 0 aliphatic carbocycles. The molecule has 1 heterocycles. The van der Waals surface area contributed by atoms with Crippen molar-refractivity contribution < 1.29 is 27.1 Å². The predicted octanol–water partition coefficient (Wildman–Crippen LogP) is 5.27. The Hall–Kier alpha value is -2.65. The third kappa shape index (κ3) is 6.17. The number of rotatable bonds is 7. The van der Waals surface area contributed by atoms with E-state index in [0.29, 0.717) is 23.0 Å². The van der Waals surface area contributed by atoms with Crippen LogP contribution in [0, 0.1) is 5.82 Å². The first-order chi connectivity index (χ1) is 14.3. The summed E-state index contributed by atoms with van der Waals surface area (Å²) in [6.07, 6.45) is -2.35. The maximum Gasteiger partial charge on any atom is 0.411 e. The molecule has 0 fully saturated rings. The van der Waals surface area contributed by atoms with E-state index in [0.717, 1.165) is 5.56 Å². The van der Waals surface area contributed by atoms with Gasteiger partial charge in [-0.05, 0) is 42.3 Å². The second-order valence-electron chi connectivity index (χ2n) is 6.32. The maximum atomic E-state index is 13.3. The third-order valence-electron chi connectivity index (χ3n) is 3.95. The molecule has 0 saturated heterocycles. The number of thioether (sulfide) groups is 1. The average molecular weight is 438 g/mol. The Morgan fingerprint density at radius 2 is 1.77 bits per heavy atom. The van der Waals surface area contributed by atoms with Crippen LogP contribution in [-0.2, 0) is 9.53 Å². The van der Waals surface area contributed by atoms with Gasteiger partial charge < -0.3 is 4.74 Å². The molecule has 2 aromatic carbocycles. The zero-order chi connectivity index (χ0) is 21.6. The van der Waals surface area contributed by atoms with Crippen LogP contribution in [0.15, 0.2) is 65.3 Å². The van der Waals surface area contributed by atoms with Gasteiger partial charge >= 0.3 is 6.18 Å². The standard InChI is InChI=1S/C21H18F4N2O2S/c22-16-7-9-17(10-8-16)27-19(28)18(13-15-5-2-1-3-6-15)26-20(27)30-12-4-11-29-14-21(23,24)25/h1-3,5-10,13H,4,11-12,14H2/b18-13-. The number of benzene rings is 2. The summed E-state index contributed by atoms with van der Waals surface area (Å²) in [6, 6.07) is 14.6. The Morgan fingerprint density at radius 3 is 2.43 bits per heavy atom. The van der Waals surface area contributed by atoms with E-state index in [1.165, 1.54) is 40.9 Å². The molecule has 0 spiro atoms. The van der Waals surface area contributed by atoms with Crippen molar-refractivity contribution in [1.29, 1.82) is 0 Å². The fourth-order valence-electron chi connectivity index (χ4n) is 2.63. The van der Waals surface area contributed by atoms with E-state index in [1.807, 2.05) is 30.3 Å². The number of alkyl halides is 3. The molecule has 1 aliphatic rings. The van der Waals surface area contributed by atoms with Gasteiger partial charge in [0.05, 0.1) is 5.69 Å². The van der Waals surface area contributed by atoms with Crippen LogP contribution in [-0.4, -0.2) is 36.2 Å². The summed E-state index contributed by atoms with van der Waals surface area (Å²) in [6.45, 7) is -1.35. The zero-order valence-electron chi connectivity index (χ0n) is 15.7. The third-order valence-corrected chi connectivity index (χ3v) is 4.97. The van der Waals surface area contributed by atoms with Gasteiger partial charge in [0.25, 0.3) is 5.91 Å². The van der Waals surface area contributed by atoms with Gasteiger partial charge in [0.1, 0.15) is 18.1 Å². The Labute approximate surface area is 175 Å². The maximum absolute atomic E-state index is 13.3. The minimum Gasteiger partial charge on any atom is -0.372 e. The lowest BCUT2D eigenvalue weighted by molar-refractivity contribution is -0.173. The minimum atomic E-state index is -4.36. The van der Waals surface area contributed by atoms with E-state index in [4.69, 9.17) is 0 Å². The predicted molar refractivity (Wildman–Crippen MR) is 110 cm³/mol. The van der Waals surface area contributed by atoms with Crippen molar-refractivity contribution in [3.8, 4) is 0 Å². The molecule has 30 heavy (non-hydrogen) atoms. The number of carbonyl (C=O) groups excluding carboxylic acids is 1. The summed E-state index contributed by atoms with van der Waals surface area (Å²) in [4.78, 5) is 18.7. The molecule has 0 bridgehead atoms. The van der Waals surface area contributed by atoms with E-state index in [9.17, 15) is 22.4 Å². The number of ether oxygens (including phenoxy) is 1. The van der Waals surface area contributed by atoms with Gasteiger partial charge in [0.2, 0.25) is 0 Å². The lowest BCUT2D eigenvalue weighted by Crippen LogP contribution is -2.30. The first kappa shape index (κ1) is 22.0. The number of aliphatic imine (C=N–C) groups is 1. The molecule has 4 nitrogen and oxygen atoms in total. The van der Waals surface area contributed by atoms with E-state index >= 15 is 0 Å². The Morgan fingerprint density at radius 1 is 1.07 bits per heavy atom. The minimum absolute atomic E-state index is 0.0585. The van der Waals surface area contributed by atoms with Gasteiger partial charge in [-0.15, -0.1) is 0 Å². The van der Waals surface area contributed by atoms with E-state index in [-0.39, 0.29) is 18.2 Å². The van der Waals surface area contributed by atoms with Crippen LogP contribution in [0.25, 0.3) is 6.08 Å². The number of halogens is 4. The molecule has 0 N–H and O–H groups in total. The highest BCUT2D eigenvalue weighted by Crippen LogP contribution is 2.29. The van der Waals surface area contributed by atoms with Crippen molar-refractivity contribution in [2.75, 3.05) is 23.9 Å². The van der Waals surface area contributed by atoms with Gasteiger partial charge in [-0.25, -0.2) is 9.38 Å². The topological polar surface area (TPSA) is 41.9 Å². The molecule has 1 amide bonds. The fourth-order valence-corrected chi connectivity index (χ4v) is 3.56. The van der Waals surface area contributed by atoms with Crippen molar-refractivity contribution >= 4 is 34.6 Å². The van der Waals surface area contributed by atoms with Crippen LogP contribution in [0.5, 0.6) is 0 Å². The van der Waals surface area contributed by atoms with Gasteiger partial charge in [0.15, 0.2) is 5.17 Å². The van der Waals surface area contributed by atoms with Gasteiger partial charge in [-0.3, -0.25) is 9.69 Å². The van der Waals surface area contributed by atoms with E-state index in [2.05, 4.69) is 9.73 Å². The fraction of sp³-hybridized carbons (Fsp3) is 0.238. The van der Waals surface area contributed by atoms with Crippen molar-refractivity contribution in [2.24, 2.45) is 4.99 Å². The second-order valence-corrected chi connectivity index (χ2v) is 7.38. The van der Waals surface area contributed by atoms with Crippen LogP contribution < -0.4 is 4.90 Å². The molecule has 0 aromatic heterocycles. The molecule has 2 aromatic rings. The van der Waals surface area contributed by atoms with E-state index in [1.54, 1.807) is 6.08 Å². The van der Waals surface area contributed by atoms with Crippen molar-refractivity contribution in [2.45, 2.75) is 12.6 Å². The average Bonchev–Trinajstić information content (AvgIpc) is 3.00. The van der Waals surface area contributed by atoms with Crippen LogP contribution in [0.1, 0.15) is 12.0 Å². The van der Waals surface area contributed by atoms with Crippen molar-refractivity contribution in [3.05, 3.63) is 71.7 Å². The Bertz CT molecular complexity index is 928. The lowest BCUT2D eigenvalue weighted by atomic mass is 10.2.